The third-order valence-electron chi connectivity index (χ3n) is 5.21. The van der Waals surface area contributed by atoms with E-state index in [4.69, 9.17) is 4.42 Å². The normalized spacial score (nSPS) is 13.3. The molecule has 2 N–H and O–H groups in total. The molecular formula is C22H24FN5O3. The first-order valence-electron chi connectivity index (χ1n) is 10.5. The summed E-state index contributed by atoms with van der Waals surface area (Å²) in [5.74, 6) is 0.655. The minimum atomic E-state index is -0.405. The van der Waals surface area contributed by atoms with Crippen LogP contribution in [0.3, 0.4) is 0 Å². The van der Waals surface area contributed by atoms with Gasteiger partial charge >= 0.3 is 0 Å². The number of benzene rings is 1. The molecule has 2 aromatic heterocycles. The van der Waals surface area contributed by atoms with Crippen LogP contribution in [0.15, 0.2) is 41.0 Å². The van der Waals surface area contributed by atoms with E-state index in [1.807, 2.05) is 4.57 Å². The maximum absolute atomic E-state index is 14.5. The number of fused-ring (bicyclic) bond motifs is 1. The maximum atomic E-state index is 14.5. The van der Waals surface area contributed by atoms with Gasteiger partial charge in [-0.05, 0) is 49.6 Å². The molecule has 9 heteroatoms. The van der Waals surface area contributed by atoms with E-state index in [1.54, 1.807) is 18.2 Å². The Morgan fingerprint density at radius 3 is 2.90 bits per heavy atom. The van der Waals surface area contributed by atoms with Crippen LogP contribution in [0.4, 0.5) is 10.1 Å². The molecule has 3 heterocycles. The minimum absolute atomic E-state index is 0.214. The van der Waals surface area contributed by atoms with Gasteiger partial charge in [0, 0.05) is 31.6 Å². The number of anilines is 1. The van der Waals surface area contributed by atoms with Gasteiger partial charge in [-0.3, -0.25) is 9.59 Å². The molecule has 2 amide bonds. The SMILES string of the molecule is O=C(CCCNC(=O)c1ccco1)Nc1ccc(F)c(-c2nnc3n2CCCCC3)c1. The Balaban J connectivity index is 1.35. The van der Waals surface area contributed by atoms with Gasteiger partial charge in [0.1, 0.15) is 11.6 Å². The first kappa shape index (κ1) is 20.8. The number of nitrogens with one attached hydrogen (secondary N) is 2. The molecule has 1 aromatic carbocycles. The van der Waals surface area contributed by atoms with Crippen LogP contribution in [0.25, 0.3) is 11.4 Å². The fourth-order valence-corrected chi connectivity index (χ4v) is 3.63. The molecule has 4 rings (SSSR count). The number of amides is 2. The van der Waals surface area contributed by atoms with Crippen LogP contribution in [-0.2, 0) is 17.8 Å². The Morgan fingerprint density at radius 1 is 1.16 bits per heavy atom. The van der Waals surface area contributed by atoms with Gasteiger partial charge in [0.25, 0.3) is 5.91 Å². The molecule has 0 bridgehead atoms. The van der Waals surface area contributed by atoms with Gasteiger partial charge in [-0.15, -0.1) is 10.2 Å². The van der Waals surface area contributed by atoms with Crippen molar-refractivity contribution in [1.82, 2.24) is 20.1 Å². The lowest BCUT2D eigenvalue weighted by molar-refractivity contribution is -0.116. The number of carbonyl (C=O) groups is 2. The van der Waals surface area contributed by atoms with Gasteiger partial charge in [-0.25, -0.2) is 4.39 Å². The number of nitrogens with zero attached hydrogens (tertiary/aromatic N) is 3. The van der Waals surface area contributed by atoms with Crippen molar-refractivity contribution in [3.63, 3.8) is 0 Å². The third-order valence-corrected chi connectivity index (χ3v) is 5.21. The summed E-state index contributed by atoms with van der Waals surface area (Å²) < 4.78 is 21.5. The number of halogens is 1. The highest BCUT2D eigenvalue weighted by molar-refractivity contribution is 5.92. The summed E-state index contributed by atoms with van der Waals surface area (Å²) in [6, 6.07) is 7.65. The molecule has 0 radical (unpaired) electrons. The molecule has 1 aliphatic rings. The highest BCUT2D eigenvalue weighted by atomic mass is 19.1. The van der Waals surface area contributed by atoms with Crippen LogP contribution in [-0.4, -0.2) is 33.1 Å². The Hall–Kier alpha value is -3.49. The largest absolute Gasteiger partial charge is 0.459 e. The Labute approximate surface area is 178 Å². The van der Waals surface area contributed by atoms with E-state index in [0.717, 1.165) is 38.1 Å². The zero-order chi connectivity index (χ0) is 21.6. The standard InChI is InChI=1S/C22H24FN5O3/c23-17-10-9-15(14-16(17)21-27-26-19-7-2-1-3-12-28(19)21)25-20(29)8-4-11-24-22(30)18-6-5-13-31-18/h5-6,9-10,13-14H,1-4,7-8,11-12H2,(H,24,30)(H,25,29). The van der Waals surface area contributed by atoms with E-state index in [1.165, 1.54) is 18.4 Å². The molecule has 0 atom stereocenters. The molecule has 162 valence electrons. The number of hydrogen-bond acceptors (Lipinski definition) is 5. The van der Waals surface area contributed by atoms with Gasteiger partial charge in [0.15, 0.2) is 11.6 Å². The number of rotatable bonds is 7. The van der Waals surface area contributed by atoms with Crippen molar-refractivity contribution in [2.75, 3.05) is 11.9 Å². The molecule has 0 saturated carbocycles. The molecule has 1 aliphatic heterocycles. The Bertz CT molecular complexity index is 1060. The molecule has 0 saturated heterocycles. The first-order valence-corrected chi connectivity index (χ1v) is 10.5. The molecule has 0 unspecified atom stereocenters. The van der Waals surface area contributed by atoms with Crippen molar-refractivity contribution < 1.29 is 18.4 Å². The fraction of sp³-hybridized carbons (Fsp3) is 0.364. The van der Waals surface area contributed by atoms with Gasteiger partial charge in [0.05, 0.1) is 11.8 Å². The maximum Gasteiger partial charge on any atom is 0.286 e. The summed E-state index contributed by atoms with van der Waals surface area (Å²) in [6.45, 7) is 1.10. The highest BCUT2D eigenvalue weighted by Crippen LogP contribution is 2.27. The van der Waals surface area contributed by atoms with Crippen LogP contribution < -0.4 is 10.6 Å². The monoisotopic (exact) mass is 425 g/mol. The van der Waals surface area contributed by atoms with Crippen molar-refractivity contribution >= 4 is 17.5 Å². The topological polar surface area (TPSA) is 102 Å². The molecule has 8 nitrogen and oxygen atoms in total. The average Bonchev–Trinajstić information content (AvgIpc) is 3.38. The van der Waals surface area contributed by atoms with Crippen LogP contribution in [0, 0.1) is 5.82 Å². The minimum Gasteiger partial charge on any atom is -0.459 e. The predicted molar refractivity (Wildman–Crippen MR) is 112 cm³/mol. The first-order chi connectivity index (χ1) is 15.1. The number of furan rings is 1. The van der Waals surface area contributed by atoms with E-state index in [2.05, 4.69) is 20.8 Å². The van der Waals surface area contributed by atoms with E-state index < -0.39 is 5.82 Å². The van der Waals surface area contributed by atoms with Crippen LogP contribution in [0.5, 0.6) is 0 Å². The van der Waals surface area contributed by atoms with Crippen LogP contribution in [0.2, 0.25) is 0 Å². The van der Waals surface area contributed by atoms with E-state index in [0.29, 0.717) is 30.0 Å². The second kappa shape index (κ2) is 9.55. The second-order valence-corrected chi connectivity index (χ2v) is 7.48. The van der Waals surface area contributed by atoms with E-state index in [-0.39, 0.29) is 24.0 Å². The average molecular weight is 425 g/mol. The zero-order valence-corrected chi connectivity index (χ0v) is 17.1. The molecular weight excluding hydrogens is 401 g/mol. The molecule has 3 aromatic rings. The zero-order valence-electron chi connectivity index (χ0n) is 17.1. The van der Waals surface area contributed by atoms with Crippen LogP contribution >= 0.6 is 0 Å². The van der Waals surface area contributed by atoms with E-state index >= 15 is 0 Å². The number of hydrogen-bond donors (Lipinski definition) is 2. The summed E-state index contributed by atoms with van der Waals surface area (Å²) in [4.78, 5) is 24.1. The van der Waals surface area contributed by atoms with Crippen molar-refractivity contribution in [1.29, 1.82) is 0 Å². The quantitative estimate of drug-likeness (QED) is 0.564. The van der Waals surface area contributed by atoms with Crippen molar-refractivity contribution in [2.45, 2.75) is 45.1 Å². The Morgan fingerprint density at radius 2 is 2.06 bits per heavy atom. The molecule has 0 fully saturated rings. The summed E-state index contributed by atoms with van der Waals surface area (Å²) >= 11 is 0. The second-order valence-electron chi connectivity index (χ2n) is 7.48. The third kappa shape index (κ3) is 4.99. The highest BCUT2D eigenvalue weighted by Gasteiger charge is 2.19. The van der Waals surface area contributed by atoms with Crippen molar-refractivity contribution in [2.24, 2.45) is 0 Å². The van der Waals surface area contributed by atoms with Gasteiger partial charge in [0.2, 0.25) is 5.91 Å². The summed E-state index contributed by atoms with van der Waals surface area (Å²) in [5, 5.41) is 13.9. The lowest BCUT2D eigenvalue weighted by Gasteiger charge is -2.10. The summed E-state index contributed by atoms with van der Waals surface area (Å²) in [6.07, 6.45) is 6.11. The molecule has 0 aliphatic carbocycles. The lowest BCUT2D eigenvalue weighted by Crippen LogP contribution is -2.25. The number of aryl methyl sites for hydroxylation is 1. The van der Waals surface area contributed by atoms with Crippen molar-refractivity contribution in [3.05, 3.63) is 54.0 Å². The van der Waals surface area contributed by atoms with Crippen molar-refractivity contribution in [3.8, 4) is 11.4 Å². The fourth-order valence-electron chi connectivity index (χ4n) is 3.63. The summed E-state index contributed by atoms with van der Waals surface area (Å²) in [5.41, 5.74) is 0.816. The van der Waals surface area contributed by atoms with Gasteiger partial charge < -0.3 is 19.6 Å². The predicted octanol–water partition coefficient (Wildman–Crippen LogP) is 3.55. The van der Waals surface area contributed by atoms with Crippen LogP contribution in [0.1, 0.15) is 48.5 Å². The lowest BCUT2D eigenvalue weighted by atomic mass is 10.1. The van der Waals surface area contributed by atoms with E-state index in [9.17, 15) is 14.0 Å². The number of carbonyl (C=O) groups excluding carboxylic acids is 2. The smallest absolute Gasteiger partial charge is 0.286 e. The Kier molecular flexibility index (Phi) is 6.40. The molecule has 31 heavy (non-hydrogen) atoms. The van der Waals surface area contributed by atoms with Gasteiger partial charge in [-0.2, -0.15) is 0 Å². The summed E-state index contributed by atoms with van der Waals surface area (Å²) in [7, 11) is 0. The molecule has 0 spiro atoms. The number of aromatic nitrogens is 3. The van der Waals surface area contributed by atoms with Gasteiger partial charge in [-0.1, -0.05) is 6.42 Å².